The summed E-state index contributed by atoms with van der Waals surface area (Å²) in [5.41, 5.74) is 2.17. The van der Waals surface area contributed by atoms with Crippen molar-refractivity contribution in [2.24, 2.45) is 5.92 Å². The Hall–Kier alpha value is -2.85. The highest BCUT2D eigenvalue weighted by Gasteiger charge is 2.56. The first-order valence-electron chi connectivity index (χ1n) is 11.4. The molecule has 1 saturated heterocycles. The number of thioether (sulfide) groups is 1. The molecular formula is C27H18BrClN2O4S2. The number of H-pyrrole nitrogens is 1. The number of carbonyl (C=O) groups is 2. The van der Waals surface area contributed by atoms with Crippen LogP contribution < -0.4 is 14.5 Å². The number of hydrogen-bond acceptors (Lipinski definition) is 6. The molecule has 1 fully saturated rings. The van der Waals surface area contributed by atoms with E-state index in [4.69, 9.17) is 16.3 Å². The molecule has 0 saturated carbocycles. The van der Waals surface area contributed by atoms with Crippen LogP contribution in [0.2, 0.25) is 5.02 Å². The van der Waals surface area contributed by atoms with Crippen LogP contribution in [0.15, 0.2) is 87.1 Å². The van der Waals surface area contributed by atoms with Gasteiger partial charge in [0, 0.05) is 25.9 Å². The number of hydrogen-bond donors (Lipinski definition) is 1. The Bertz CT molecular complexity index is 1570. The van der Waals surface area contributed by atoms with E-state index in [1.54, 1.807) is 42.5 Å². The topological polar surface area (TPSA) is 79.5 Å². The van der Waals surface area contributed by atoms with Gasteiger partial charge in [-0.2, -0.15) is 0 Å². The lowest BCUT2D eigenvalue weighted by Crippen LogP contribution is -2.32. The number of benzene rings is 3. The van der Waals surface area contributed by atoms with Crippen LogP contribution in [-0.4, -0.2) is 22.0 Å². The normalized spacial score (nSPS) is 20.6. The summed E-state index contributed by atoms with van der Waals surface area (Å²) in [6.07, 6.45) is 0. The number of imide groups is 1. The number of halogens is 2. The van der Waals surface area contributed by atoms with Gasteiger partial charge in [-0.05, 0) is 48.0 Å². The number of amides is 2. The van der Waals surface area contributed by atoms with E-state index in [9.17, 15) is 14.4 Å². The number of aromatic nitrogens is 1. The molecule has 4 aromatic rings. The van der Waals surface area contributed by atoms with Crippen molar-refractivity contribution < 1.29 is 14.3 Å². The Labute approximate surface area is 233 Å². The van der Waals surface area contributed by atoms with E-state index in [0.29, 0.717) is 38.5 Å². The molecule has 3 atom stereocenters. The number of anilines is 1. The highest BCUT2D eigenvalue weighted by atomic mass is 79.9. The fourth-order valence-electron chi connectivity index (χ4n) is 4.83. The molecule has 10 heteroatoms. The first kappa shape index (κ1) is 24.5. The second-order valence-corrected chi connectivity index (χ2v) is 12.2. The summed E-state index contributed by atoms with van der Waals surface area (Å²) in [6.45, 7) is 0.319. The summed E-state index contributed by atoms with van der Waals surface area (Å²) in [6, 6.07) is 22.1. The van der Waals surface area contributed by atoms with Crippen molar-refractivity contribution in [2.45, 2.75) is 22.8 Å². The van der Waals surface area contributed by atoms with Gasteiger partial charge in [-0.3, -0.25) is 14.4 Å². The second kappa shape index (κ2) is 9.79. The SMILES string of the molecule is O=C1[C@H]2[C@H](c3cc(Cl)ccc3OCc3ccccc3)c3sc(=O)[nH]c3S[C@H]2C(=O)N1c1ccc(Br)cc1. The highest BCUT2D eigenvalue weighted by Crippen LogP contribution is 2.54. The number of carbonyl (C=O) groups excluding carboxylic acids is 2. The third kappa shape index (κ3) is 4.44. The van der Waals surface area contributed by atoms with Gasteiger partial charge >= 0.3 is 4.87 Å². The second-order valence-electron chi connectivity index (χ2n) is 8.69. The number of rotatable bonds is 5. The maximum absolute atomic E-state index is 13.9. The summed E-state index contributed by atoms with van der Waals surface area (Å²) >= 11 is 12.1. The fourth-order valence-corrected chi connectivity index (χ4v) is 7.78. The molecule has 2 aliphatic heterocycles. The average Bonchev–Trinajstić information content (AvgIpc) is 3.39. The van der Waals surface area contributed by atoms with Crippen LogP contribution in [0.5, 0.6) is 5.75 Å². The monoisotopic (exact) mass is 612 g/mol. The first-order chi connectivity index (χ1) is 17.9. The lowest BCUT2D eigenvalue weighted by molar-refractivity contribution is -0.122. The van der Waals surface area contributed by atoms with Gasteiger partial charge in [0.2, 0.25) is 11.8 Å². The van der Waals surface area contributed by atoms with Crippen molar-refractivity contribution in [3.8, 4) is 5.75 Å². The van der Waals surface area contributed by atoms with Gasteiger partial charge in [-0.15, -0.1) is 0 Å². The lowest BCUT2D eigenvalue weighted by Gasteiger charge is -2.31. The quantitative estimate of drug-likeness (QED) is 0.270. The molecule has 0 radical (unpaired) electrons. The van der Waals surface area contributed by atoms with Gasteiger partial charge in [-0.1, -0.05) is 81.0 Å². The van der Waals surface area contributed by atoms with Crippen molar-refractivity contribution in [3.05, 3.63) is 108 Å². The molecule has 2 aliphatic rings. The van der Waals surface area contributed by atoms with E-state index in [2.05, 4.69) is 20.9 Å². The molecule has 0 aliphatic carbocycles. The number of thiazole rings is 1. The van der Waals surface area contributed by atoms with Crippen LogP contribution in [0.3, 0.4) is 0 Å². The molecule has 3 heterocycles. The average molecular weight is 614 g/mol. The van der Waals surface area contributed by atoms with E-state index in [1.165, 1.54) is 16.7 Å². The molecule has 186 valence electrons. The summed E-state index contributed by atoms with van der Waals surface area (Å²) in [4.78, 5) is 44.5. The zero-order chi connectivity index (χ0) is 25.7. The van der Waals surface area contributed by atoms with Crippen molar-refractivity contribution >= 4 is 68.1 Å². The largest absolute Gasteiger partial charge is 0.489 e. The molecule has 6 nitrogen and oxygen atoms in total. The minimum atomic E-state index is -0.724. The fraction of sp³-hybridized carbons (Fsp3) is 0.148. The number of ether oxygens (including phenoxy) is 1. The van der Waals surface area contributed by atoms with E-state index < -0.39 is 17.1 Å². The molecule has 1 N–H and O–H groups in total. The summed E-state index contributed by atoms with van der Waals surface area (Å²) in [7, 11) is 0. The maximum Gasteiger partial charge on any atom is 0.305 e. The van der Waals surface area contributed by atoms with E-state index in [1.807, 2.05) is 30.3 Å². The van der Waals surface area contributed by atoms with Crippen LogP contribution in [0.25, 0.3) is 0 Å². The molecule has 37 heavy (non-hydrogen) atoms. The van der Waals surface area contributed by atoms with Crippen LogP contribution in [0.4, 0.5) is 5.69 Å². The van der Waals surface area contributed by atoms with E-state index in [0.717, 1.165) is 21.4 Å². The van der Waals surface area contributed by atoms with Gasteiger partial charge in [0.15, 0.2) is 0 Å². The zero-order valence-electron chi connectivity index (χ0n) is 19.0. The summed E-state index contributed by atoms with van der Waals surface area (Å²) in [5, 5.41) is 0.386. The minimum Gasteiger partial charge on any atom is -0.489 e. The molecule has 2 amide bonds. The molecule has 0 spiro atoms. The third-order valence-electron chi connectivity index (χ3n) is 6.45. The molecule has 0 unspecified atom stereocenters. The molecular weight excluding hydrogens is 596 g/mol. The third-order valence-corrected chi connectivity index (χ3v) is 9.62. The number of fused-ring (bicyclic) bond motifs is 2. The van der Waals surface area contributed by atoms with Gasteiger partial charge in [0.25, 0.3) is 0 Å². The Morgan fingerprint density at radius 3 is 2.49 bits per heavy atom. The molecule has 6 rings (SSSR count). The molecule has 1 aromatic heterocycles. The van der Waals surface area contributed by atoms with Crippen molar-refractivity contribution in [1.29, 1.82) is 0 Å². The maximum atomic E-state index is 13.9. The van der Waals surface area contributed by atoms with E-state index >= 15 is 0 Å². The van der Waals surface area contributed by atoms with Crippen molar-refractivity contribution in [2.75, 3.05) is 4.90 Å². The number of aromatic amines is 1. The summed E-state index contributed by atoms with van der Waals surface area (Å²) < 4.78 is 7.07. The highest BCUT2D eigenvalue weighted by molar-refractivity contribution is 9.10. The summed E-state index contributed by atoms with van der Waals surface area (Å²) in [5.74, 6) is -1.36. The van der Waals surface area contributed by atoms with Crippen molar-refractivity contribution in [3.63, 3.8) is 0 Å². The van der Waals surface area contributed by atoms with Gasteiger partial charge in [0.05, 0.1) is 16.6 Å². The van der Waals surface area contributed by atoms with Crippen LogP contribution in [-0.2, 0) is 16.2 Å². The number of nitrogens with zero attached hydrogens (tertiary/aromatic N) is 1. The predicted octanol–water partition coefficient (Wildman–Crippen LogP) is 6.23. The smallest absolute Gasteiger partial charge is 0.305 e. The first-order valence-corrected chi connectivity index (χ1v) is 14.3. The lowest BCUT2D eigenvalue weighted by atomic mass is 9.82. The van der Waals surface area contributed by atoms with Gasteiger partial charge in [-0.25, -0.2) is 4.90 Å². The van der Waals surface area contributed by atoms with Crippen LogP contribution in [0, 0.1) is 5.92 Å². The van der Waals surface area contributed by atoms with Gasteiger partial charge < -0.3 is 9.72 Å². The van der Waals surface area contributed by atoms with E-state index in [-0.39, 0.29) is 16.7 Å². The van der Waals surface area contributed by atoms with Gasteiger partial charge in [0.1, 0.15) is 17.6 Å². The van der Waals surface area contributed by atoms with Crippen molar-refractivity contribution in [1.82, 2.24) is 4.98 Å². The predicted molar refractivity (Wildman–Crippen MR) is 149 cm³/mol. The Balaban J connectivity index is 1.45. The number of nitrogens with one attached hydrogen (secondary N) is 1. The molecule has 3 aromatic carbocycles. The Morgan fingerprint density at radius 2 is 1.73 bits per heavy atom. The minimum absolute atomic E-state index is 0.235. The Morgan fingerprint density at radius 1 is 0.973 bits per heavy atom. The molecule has 0 bridgehead atoms. The zero-order valence-corrected chi connectivity index (χ0v) is 23.0. The van der Waals surface area contributed by atoms with Crippen LogP contribution >= 0.6 is 50.6 Å². The van der Waals surface area contributed by atoms with Crippen LogP contribution in [0.1, 0.15) is 21.9 Å². The Kier molecular flexibility index (Phi) is 6.48. The standard InChI is InChI=1S/C27H18BrClN2O4S2/c28-15-6-9-17(10-7-15)31-25(32)21-20(22-24(30-27(34)37-22)36-23(21)26(31)33)18-12-16(29)8-11-19(18)35-13-14-4-2-1-3-5-14/h1-12,20-21,23H,13H2,(H,30,34)/t20-,21-,23+/m0/s1.